The molecule has 0 aliphatic heterocycles. The number of oxime groups is 1. The van der Waals surface area contributed by atoms with Crippen LogP contribution >= 0.6 is 11.6 Å². The SMILES string of the molecule is C/C(=N\O)c1nc2c(c(=O)n(Cc3cc4c(Cl)cccc4n3C(=O)O)c(=O)n2C)n1C. The number of carboxylic acid groups (broad SMARTS) is 1. The van der Waals surface area contributed by atoms with E-state index in [1.807, 2.05) is 0 Å². The molecule has 160 valence electrons. The quantitative estimate of drug-likeness (QED) is 0.281. The predicted molar refractivity (Wildman–Crippen MR) is 114 cm³/mol. The number of hydrogen-bond acceptors (Lipinski definition) is 6. The Morgan fingerprint density at radius 1 is 1.23 bits per heavy atom. The summed E-state index contributed by atoms with van der Waals surface area (Å²) in [6, 6.07) is 6.37. The van der Waals surface area contributed by atoms with E-state index in [-0.39, 0.29) is 34.9 Å². The number of aryl methyl sites for hydroxylation is 2. The number of halogens is 1. The van der Waals surface area contributed by atoms with Crippen molar-refractivity contribution in [1.29, 1.82) is 0 Å². The van der Waals surface area contributed by atoms with Gasteiger partial charge in [-0.15, -0.1) is 0 Å². The topological polar surface area (TPSA) is 137 Å². The van der Waals surface area contributed by atoms with Crippen LogP contribution in [0.5, 0.6) is 0 Å². The molecular weight excluding hydrogens is 428 g/mol. The molecule has 11 nitrogen and oxygen atoms in total. The van der Waals surface area contributed by atoms with Gasteiger partial charge in [-0.1, -0.05) is 22.8 Å². The summed E-state index contributed by atoms with van der Waals surface area (Å²) < 4.78 is 4.53. The Morgan fingerprint density at radius 3 is 2.58 bits per heavy atom. The lowest BCUT2D eigenvalue weighted by Crippen LogP contribution is -2.40. The van der Waals surface area contributed by atoms with Gasteiger partial charge in [-0.25, -0.2) is 19.1 Å². The van der Waals surface area contributed by atoms with Crippen molar-refractivity contribution in [3.8, 4) is 0 Å². The van der Waals surface area contributed by atoms with Gasteiger partial charge in [0.2, 0.25) is 0 Å². The highest BCUT2D eigenvalue weighted by Gasteiger charge is 2.22. The average Bonchev–Trinajstić information content (AvgIpc) is 3.28. The fraction of sp³-hybridized carbons (Fsp3) is 0.211. The minimum atomic E-state index is -1.27. The highest BCUT2D eigenvalue weighted by Crippen LogP contribution is 2.27. The van der Waals surface area contributed by atoms with Crippen LogP contribution in [0.1, 0.15) is 18.4 Å². The number of fused-ring (bicyclic) bond motifs is 2. The number of aromatic nitrogens is 5. The number of hydrogen-bond donors (Lipinski definition) is 2. The lowest BCUT2D eigenvalue weighted by molar-refractivity contribution is 0.196. The lowest BCUT2D eigenvalue weighted by atomic mass is 10.2. The third-order valence-electron chi connectivity index (χ3n) is 5.21. The first kappa shape index (κ1) is 20.4. The Morgan fingerprint density at radius 2 is 1.94 bits per heavy atom. The molecule has 0 saturated carbocycles. The maximum atomic E-state index is 13.2. The van der Waals surface area contributed by atoms with E-state index in [4.69, 9.17) is 16.8 Å². The molecule has 0 atom stereocenters. The Hall–Kier alpha value is -3.86. The van der Waals surface area contributed by atoms with Crippen LogP contribution in [0.15, 0.2) is 39.0 Å². The molecule has 0 spiro atoms. The summed E-state index contributed by atoms with van der Waals surface area (Å²) in [6.07, 6.45) is -1.27. The molecule has 0 unspecified atom stereocenters. The molecule has 0 aliphatic rings. The van der Waals surface area contributed by atoms with E-state index in [0.717, 1.165) is 9.13 Å². The zero-order valence-corrected chi connectivity index (χ0v) is 17.5. The molecule has 31 heavy (non-hydrogen) atoms. The second-order valence-corrected chi connectivity index (χ2v) is 7.42. The van der Waals surface area contributed by atoms with Gasteiger partial charge in [0.15, 0.2) is 17.0 Å². The van der Waals surface area contributed by atoms with Gasteiger partial charge in [0.05, 0.1) is 17.8 Å². The third kappa shape index (κ3) is 2.93. The second kappa shape index (κ2) is 7.13. The smallest absolute Gasteiger partial charge is 0.416 e. The zero-order chi connectivity index (χ0) is 22.6. The minimum absolute atomic E-state index is 0.108. The first-order valence-corrected chi connectivity index (χ1v) is 9.42. The Labute approximate surface area is 178 Å². The van der Waals surface area contributed by atoms with Crippen molar-refractivity contribution >= 4 is 45.5 Å². The average molecular weight is 445 g/mol. The summed E-state index contributed by atoms with van der Waals surface area (Å²) in [4.78, 5) is 42.3. The molecule has 4 rings (SSSR count). The maximum Gasteiger partial charge on any atom is 0.416 e. The van der Waals surface area contributed by atoms with Crippen molar-refractivity contribution in [2.75, 3.05) is 0 Å². The lowest BCUT2D eigenvalue weighted by Gasteiger charge is -2.10. The summed E-state index contributed by atoms with van der Waals surface area (Å²) in [6.45, 7) is 1.21. The van der Waals surface area contributed by atoms with Gasteiger partial charge in [-0.2, -0.15) is 0 Å². The van der Waals surface area contributed by atoms with E-state index in [2.05, 4.69) is 10.1 Å². The van der Waals surface area contributed by atoms with E-state index in [1.165, 1.54) is 23.1 Å². The van der Waals surface area contributed by atoms with Crippen LogP contribution in [0, 0.1) is 0 Å². The van der Waals surface area contributed by atoms with Crippen molar-refractivity contribution in [3.63, 3.8) is 0 Å². The van der Waals surface area contributed by atoms with E-state index in [1.54, 1.807) is 31.3 Å². The normalized spacial score (nSPS) is 12.2. The molecule has 3 aromatic heterocycles. The first-order chi connectivity index (χ1) is 14.7. The van der Waals surface area contributed by atoms with E-state index in [9.17, 15) is 19.5 Å². The van der Waals surface area contributed by atoms with E-state index < -0.39 is 17.3 Å². The number of benzene rings is 1. The molecule has 12 heteroatoms. The highest BCUT2D eigenvalue weighted by atomic mass is 35.5. The van der Waals surface area contributed by atoms with Crippen LogP contribution in [-0.4, -0.2) is 45.4 Å². The largest absolute Gasteiger partial charge is 0.464 e. The van der Waals surface area contributed by atoms with Crippen molar-refractivity contribution < 1.29 is 15.1 Å². The maximum absolute atomic E-state index is 13.2. The van der Waals surface area contributed by atoms with E-state index >= 15 is 0 Å². The molecule has 0 amide bonds. The fourth-order valence-electron chi connectivity index (χ4n) is 3.70. The molecule has 0 fully saturated rings. The highest BCUT2D eigenvalue weighted by molar-refractivity contribution is 6.35. The summed E-state index contributed by atoms with van der Waals surface area (Å²) >= 11 is 6.20. The first-order valence-electron chi connectivity index (χ1n) is 9.04. The van der Waals surface area contributed by atoms with Crippen LogP contribution in [-0.2, 0) is 20.6 Å². The van der Waals surface area contributed by atoms with Crippen LogP contribution in [0.25, 0.3) is 22.1 Å². The molecule has 0 saturated heterocycles. The standard InChI is InChI=1S/C19H17ClN6O5/c1-9(22-31)15-21-16-14(23(15)2)17(27)25(18(28)24(16)3)8-10-7-11-12(20)5-4-6-13(11)26(10)19(29)30/h4-7,31H,8H2,1-3H3,(H,29,30)/b22-9+. The molecule has 1 aromatic carbocycles. The van der Waals surface area contributed by atoms with Gasteiger partial charge >= 0.3 is 11.8 Å². The van der Waals surface area contributed by atoms with Gasteiger partial charge in [-0.3, -0.25) is 13.9 Å². The number of imidazole rings is 1. The van der Waals surface area contributed by atoms with Gasteiger partial charge in [-0.05, 0) is 25.1 Å². The van der Waals surface area contributed by atoms with Crippen LogP contribution in [0.3, 0.4) is 0 Å². The molecule has 0 bridgehead atoms. The molecule has 2 N–H and O–H groups in total. The number of carbonyl (C=O) groups is 1. The Kier molecular flexibility index (Phi) is 4.69. The van der Waals surface area contributed by atoms with Crippen molar-refractivity contribution in [1.82, 2.24) is 23.3 Å². The summed E-state index contributed by atoms with van der Waals surface area (Å²) in [5.41, 5.74) is -0.391. The van der Waals surface area contributed by atoms with Crippen molar-refractivity contribution in [2.24, 2.45) is 19.3 Å². The predicted octanol–water partition coefficient (Wildman–Crippen LogP) is 1.81. The van der Waals surface area contributed by atoms with Gasteiger partial charge in [0, 0.05) is 24.5 Å². The molecular formula is C19H17ClN6O5. The molecule has 4 aromatic rings. The van der Waals surface area contributed by atoms with Crippen LogP contribution in [0.2, 0.25) is 5.02 Å². The molecule has 0 aliphatic carbocycles. The Balaban J connectivity index is 2.01. The van der Waals surface area contributed by atoms with Crippen molar-refractivity contribution in [2.45, 2.75) is 13.5 Å². The van der Waals surface area contributed by atoms with Crippen LogP contribution in [0.4, 0.5) is 4.79 Å². The van der Waals surface area contributed by atoms with Gasteiger partial charge in [0.1, 0.15) is 5.71 Å². The summed E-state index contributed by atoms with van der Waals surface area (Å²) in [7, 11) is 3.01. The van der Waals surface area contributed by atoms with Gasteiger partial charge in [0.25, 0.3) is 5.56 Å². The fourth-order valence-corrected chi connectivity index (χ4v) is 3.93. The monoisotopic (exact) mass is 444 g/mol. The third-order valence-corrected chi connectivity index (χ3v) is 5.54. The van der Waals surface area contributed by atoms with Crippen molar-refractivity contribution in [3.05, 3.63) is 61.6 Å². The Bertz CT molecular complexity index is 1540. The molecule has 3 heterocycles. The minimum Gasteiger partial charge on any atom is -0.464 e. The molecule has 0 radical (unpaired) electrons. The van der Waals surface area contributed by atoms with Gasteiger partial charge < -0.3 is 14.9 Å². The number of nitrogens with zero attached hydrogens (tertiary/aromatic N) is 6. The second-order valence-electron chi connectivity index (χ2n) is 7.01. The number of rotatable bonds is 3. The van der Waals surface area contributed by atoms with Crippen LogP contribution < -0.4 is 11.2 Å². The van der Waals surface area contributed by atoms with E-state index in [0.29, 0.717) is 15.9 Å². The summed E-state index contributed by atoms with van der Waals surface area (Å²) in [5.74, 6) is 0.216. The summed E-state index contributed by atoms with van der Waals surface area (Å²) in [5, 5.41) is 22.7. The zero-order valence-electron chi connectivity index (χ0n) is 16.7.